The molecule has 0 aromatic heterocycles. The summed E-state index contributed by atoms with van der Waals surface area (Å²) in [4.78, 5) is 50.9. The summed E-state index contributed by atoms with van der Waals surface area (Å²) in [7, 11) is 0. The van der Waals surface area contributed by atoms with E-state index in [-0.39, 0.29) is 25.9 Å². The van der Waals surface area contributed by atoms with E-state index < -0.39 is 67.3 Å². The average Bonchev–Trinajstić information content (AvgIpc) is 3.35. The van der Waals surface area contributed by atoms with Gasteiger partial charge in [-0.15, -0.1) is 0 Å². The van der Waals surface area contributed by atoms with Crippen molar-refractivity contribution in [2.24, 2.45) is 0 Å². The van der Waals surface area contributed by atoms with Gasteiger partial charge in [0.1, 0.15) is 18.8 Å². The number of unbranched alkanes of at least 4 members (excludes halogenated alkanes) is 21. The van der Waals surface area contributed by atoms with Crippen molar-refractivity contribution in [2.75, 3.05) is 13.2 Å². The first-order chi connectivity index (χ1) is 34.6. The van der Waals surface area contributed by atoms with E-state index >= 15 is 0 Å². The Bertz CT molecular complexity index is 1510. The molecule has 1 heterocycles. The Labute approximate surface area is 429 Å². The van der Waals surface area contributed by atoms with Crippen LogP contribution in [0.15, 0.2) is 72.9 Å². The van der Waals surface area contributed by atoms with Crippen LogP contribution in [0.5, 0.6) is 0 Å². The maximum absolute atomic E-state index is 13.1. The molecule has 0 amide bonds. The number of aliphatic hydroxyl groups is 2. The third-order valence-electron chi connectivity index (χ3n) is 12.3. The van der Waals surface area contributed by atoms with Crippen molar-refractivity contribution in [3.63, 3.8) is 0 Å². The van der Waals surface area contributed by atoms with Crippen molar-refractivity contribution < 1.29 is 58.2 Å². The molecule has 6 atom stereocenters. The maximum atomic E-state index is 13.1. The number of aliphatic carboxylic acids is 1. The predicted octanol–water partition coefficient (Wildman–Crippen LogP) is 13.8. The Kier molecular flexibility index (Phi) is 43.3. The Balaban J connectivity index is 2.77. The molecule has 12 nitrogen and oxygen atoms in total. The van der Waals surface area contributed by atoms with E-state index in [1.54, 1.807) is 12.2 Å². The molecule has 1 aliphatic heterocycles. The zero-order chi connectivity index (χ0) is 51.8. The number of carbonyl (C=O) groups excluding carboxylic acids is 3. The van der Waals surface area contributed by atoms with Gasteiger partial charge in [-0.05, 0) is 70.6 Å². The zero-order valence-electron chi connectivity index (χ0n) is 44.4. The van der Waals surface area contributed by atoms with Gasteiger partial charge in [0.25, 0.3) is 0 Å². The van der Waals surface area contributed by atoms with Crippen LogP contribution in [0.3, 0.4) is 0 Å². The fraction of sp³-hybridized carbons (Fsp3) is 0.729. The molecular formula is C59H98O12. The molecule has 0 aliphatic carbocycles. The molecule has 0 saturated carbocycles. The second-order valence-electron chi connectivity index (χ2n) is 18.9. The number of hydrogen-bond acceptors (Lipinski definition) is 11. The number of hydrogen-bond donors (Lipinski definition) is 3. The first-order valence-corrected chi connectivity index (χ1v) is 27.9. The summed E-state index contributed by atoms with van der Waals surface area (Å²) in [6.45, 7) is 5.80. The van der Waals surface area contributed by atoms with Crippen molar-refractivity contribution in [3.05, 3.63) is 72.9 Å². The average molecular weight is 999 g/mol. The molecule has 406 valence electrons. The van der Waals surface area contributed by atoms with Gasteiger partial charge in [0.05, 0.1) is 13.0 Å². The number of carboxylic acid groups (broad SMARTS) is 1. The van der Waals surface area contributed by atoms with Gasteiger partial charge in [-0.1, -0.05) is 209 Å². The quantitative estimate of drug-likeness (QED) is 0.0228. The summed E-state index contributed by atoms with van der Waals surface area (Å²) in [6.07, 6.45) is 46.2. The second-order valence-corrected chi connectivity index (χ2v) is 18.9. The molecule has 0 bridgehead atoms. The number of ether oxygens (including phenoxy) is 5. The number of allylic oxidation sites excluding steroid dienone is 11. The fourth-order valence-corrected chi connectivity index (χ4v) is 8.03. The molecule has 0 aromatic carbocycles. The Morgan fingerprint density at radius 3 is 1.42 bits per heavy atom. The maximum Gasteiger partial charge on any atom is 0.335 e. The predicted molar refractivity (Wildman–Crippen MR) is 285 cm³/mol. The van der Waals surface area contributed by atoms with E-state index in [0.717, 1.165) is 83.5 Å². The monoisotopic (exact) mass is 999 g/mol. The first kappa shape index (κ1) is 65.2. The molecule has 3 N–H and O–H groups in total. The third-order valence-corrected chi connectivity index (χ3v) is 12.3. The van der Waals surface area contributed by atoms with Crippen LogP contribution in [-0.4, -0.2) is 89.2 Å². The standard InChI is InChI=1S/C59H98O12/c1-4-7-10-13-16-19-22-25-26-29-32-35-38-41-44-47-53(62)70-57-55(64)54(63)56(58(65)66)71-59(57)68-49-50(69-52(61)46-43-40-37-34-31-28-24-21-18-15-12-9-6-3)48-67-51(60)45-42-39-36-33-30-27-23-20-17-14-11-8-5-2/h7,10,16,19-20,23,25-26,32,35,41,44,50,54-57,59,63-64H,4-6,8-9,11-15,17-18,21-22,24,27-31,33-34,36-40,42-43,45-49H2,1-3H3,(H,65,66)/b10-7-,19-16-,23-20-,26-25-,35-32-,44-41-. The van der Waals surface area contributed by atoms with Crippen LogP contribution in [0.25, 0.3) is 0 Å². The van der Waals surface area contributed by atoms with Gasteiger partial charge >= 0.3 is 23.9 Å². The zero-order valence-corrected chi connectivity index (χ0v) is 44.4. The molecule has 1 saturated heterocycles. The molecule has 0 aromatic rings. The number of carbonyl (C=O) groups is 4. The van der Waals surface area contributed by atoms with Gasteiger partial charge < -0.3 is 39.0 Å². The Morgan fingerprint density at radius 2 is 0.930 bits per heavy atom. The minimum Gasteiger partial charge on any atom is -0.479 e. The topological polar surface area (TPSA) is 175 Å². The highest BCUT2D eigenvalue weighted by Crippen LogP contribution is 2.26. The Morgan fingerprint density at radius 1 is 0.493 bits per heavy atom. The van der Waals surface area contributed by atoms with Gasteiger partial charge in [-0.25, -0.2) is 4.79 Å². The van der Waals surface area contributed by atoms with Crippen molar-refractivity contribution in [2.45, 2.75) is 263 Å². The number of rotatable bonds is 46. The van der Waals surface area contributed by atoms with Gasteiger partial charge in [-0.2, -0.15) is 0 Å². The van der Waals surface area contributed by atoms with Gasteiger partial charge in [0, 0.05) is 12.8 Å². The van der Waals surface area contributed by atoms with E-state index in [9.17, 15) is 34.5 Å². The van der Waals surface area contributed by atoms with Crippen molar-refractivity contribution >= 4 is 23.9 Å². The highest BCUT2D eigenvalue weighted by atomic mass is 16.7. The summed E-state index contributed by atoms with van der Waals surface area (Å²) < 4.78 is 28.2. The van der Waals surface area contributed by atoms with E-state index in [1.165, 1.54) is 83.5 Å². The van der Waals surface area contributed by atoms with Crippen LogP contribution in [0.2, 0.25) is 0 Å². The number of carboxylic acids is 1. The molecule has 12 heteroatoms. The lowest BCUT2D eigenvalue weighted by Gasteiger charge is -2.40. The minimum absolute atomic E-state index is 0.152. The Hall–Kier alpha value is -3.84. The number of esters is 3. The van der Waals surface area contributed by atoms with E-state index in [2.05, 4.69) is 69.4 Å². The van der Waals surface area contributed by atoms with Crippen LogP contribution < -0.4 is 0 Å². The van der Waals surface area contributed by atoms with E-state index in [4.69, 9.17) is 23.7 Å². The summed E-state index contributed by atoms with van der Waals surface area (Å²) >= 11 is 0. The number of aliphatic hydroxyl groups excluding tert-OH is 2. The molecule has 0 spiro atoms. The molecule has 1 rings (SSSR count). The second kappa shape index (κ2) is 47.2. The molecular weight excluding hydrogens is 901 g/mol. The van der Waals surface area contributed by atoms with Crippen LogP contribution in [0.4, 0.5) is 0 Å². The summed E-state index contributed by atoms with van der Waals surface area (Å²) in [6, 6.07) is 0. The molecule has 1 fully saturated rings. The lowest BCUT2D eigenvalue weighted by molar-refractivity contribution is -0.301. The lowest BCUT2D eigenvalue weighted by Crippen LogP contribution is -2.61. The first-order valence-electron chi connectivity index (χ1n) is 27.9. The molecule has 0 radical (unpaired) electrons. The fourth-order valence-electron chi connectivity index (χ4n) is 8.03. The van der Waals surface area contributed by atoms with Crippen LogP contribution in [0.1, 0.15) is 226 Å². The summed E-state index contributed by atoms with van der Waals surface area (Å²) in [5, 5.41) is 31.4. The van der Waals surface area contributed by atoms with Gasteiger partial charge in [0.15, 0.2) is 24.6 Å². The third kappa shape index (κ3) is 37.6. The van der Waals surface area contributed by atoms with Crippen molar-refractivity contribution in [3.8, 4) is 0 Å². The van der Waals surface area contributed by atoms with Crippen LogP contribution in [0, 0.1) is 0 Å². The van der Waals surface area contributed by atoms with E-state index in [1.807, 2.05) is 12.2 Å². The van der Waals surface area contributed by atoms with E-state index in [0.29, 0.717) is 19.3 Å². The molecule has 1 aliphatic rings. The summed E-state index contributed by atoms with van der Waals surface area (Å²) in [5.41, 5.74) is 0. The SMILES string of the molecule is CC/C=C\C/C=C\C/C=C\C/C=C\C/C=C\CC(=O)OC1C(OCC(COC(=O)CCCCCCC/C=C\CCCCCC)OC(=O)CCCCCCCCCCCCCCC)OC(C(=O)O)C(O)C1O. The molecule has 6 unspecified atom stereocenters. The summed E-state index contributed by atoms with van der Waals surface area (Å²) in [5.74, 6) is -3.29. The van der Waals surface area contributed by atoms with Crippen molar-refractivity contribution in [1.29, 1.82) is 0 Å². The normalized spacial score (nSPS) is 19.0. The minimum atomic E-state index is -1.93. The van der Waals surface area contributed by atoms with Gasteiger partial charge in [-0.3, -0.25) is 14.4 Å². The highest BCUT2D eigenvalue weighted by Gasteiger charge is 2.50. The van der Waals surface area contributed by atoms with Gasteiger partial charge in [0.2, 0.25) is 0 Å². The lowest BCUT2D eigenvalue weighted by atomic mass is 9.98. The van der Waals surface area contributed by atoms with Crippen LogP contribution in [-0.2, 0) is 42.9 Å². The largest absolute Gasteiger partial charge is 0.479 e. The smallest absolute Gasteiger partial charge is 0.335 e. The molecule has 71 heavy (non-hydrogen) atoms. The highest BCUT2D eigenvalue weighted by molar-refractivity contribution is 5.74. The van der Waals surface area contributed by atoms with Crippen molar-refractivity contribution in [1.82, 2.24) is 0 Å². The van der Waals surface area contributed by atoms with Crippen LogP contribution >= 0.6 is 0 Å².